The lowest BCUT2D eigenvalue weighted by atomic mass is 9.97. The molecule has 4 aliphatic rings. The largest absolute Gasteiger partial charge is 0.374 e. The van der Waals surface area contributed by atoms with Crippen LogP contribution in [0.15, 0.2) is 152 Å². The summed E-state index contributed by atoms with van der Waals surface area (Å²) >= 11 is 0. The molecule has 0 amide bonds. The van der Waals surface area contributed by atoms with Gasteiger partial charge in [0, 0.05) is 0 Å². The predicted molar refractivity (Wildman–Crippen MR) is 236 cm³/mol. The van der Waals surface area contributed by atoms with E-state index in [1.54, 1.807) is 0 Å². The molecular formula is C52H59NO11. The third-order valence-corrected chi connectivity index (χ3v) is 11.9. The molecule has 1 N–H and O–H groups in total. The van der Waals surface area contributed by atoms with Gasteiger partial charge in [0.2, 0.25) is 0 Å². The molecule has 5 aromatic carbocycles. The van der Waals surface area contributed by atoms with Gasteiger partial charge in [0.1, 0.15) is 48.8 Å². The van der Waals surface area contributed by atoms with Gasteiger partial charge in [-0.05, 0) is 48.1 Å². The van der Waals surface area contributed by atoms with Crippen LogP contribution in [0.3, 0.4) is 0 Å². The van der Waals surface area contributed by atoms with Crippen molar-refractivity contribution in [1.29, 1.82) is 0 Å². The minimum atomic E-state index is -0.871. The highest BCUT2D eigenvalue weighted by Crippen LogP contribution is 2.42. The van der Waals surface area contributed by atoms with E-state index in [0.29, 0.717) is 39.5 Å². The average Bonchev–Trinajstić information content (AvgIpc) is 4.03. The maximum Gasteiger partial charge on any atom is 0.187 e. The van der Waals surface area contributed by atoms with Gasteiger partial charge in [-0.3, -0.25) is 4.84 Å². The molecule has 5 aromatic rings. The van der Waals surface area contributed by atoms with Crippen LogP contribution < -0.4 is 5.48 Å². The summed E-state index contributed by atoms with van der Waals surface area (Å²) < 4.78 is 66.2. The summed E-state index contributed by atoms with van der Waals surface area (Å²) in [7, 11) is 0. The van der Waals surface area contributed by atoms with E-state index < -0.39 is 55.0 Å². The third kappa shape index (κ3) is 11.7. The molecule has 64 heavy (non-hydrogen) atoms. The van der Waals surface area contributed by atoms with Crippen molar-refractivity contribution in [2.24, 2.45) is 0 Å². The van der Waals surface area contributed by atoms with Crippen molar-refractivity contribution < 1.29 is 52.2 Å². The summed E-state index contributed by atoms with van der Waals surface area (Å²) in [6.07, 6.45) is -4.90. The van der Waals surface area contributed by atoms with Crippen molar-refractivity contribution in [3.05, 3.63) is 179 Å². The average molecular weight is 874 g/mol. The van der Waals surface area contributed by atoms with E-state index in [1.165, 1.54) is 0 Å². The van der Waals surface area contributed by atoms with E-state index in [1.807, 2.05) is 166 Å². The van der Waals surface area contributed by atoms with Crippen LogP contribution in [0.25, 0.3) is 0 Å². The summed E-state index contributed by atoms with van der Waals surface area (Å²) in [4.78, 5) is 6.21. The molecule has 4 heterocycles. The first-order valence-corrected chi connectivity index (χ1v) is 22.4. The fraction of sp³-hybridized carbons (Fsp3) is 0.423. The van der Waals surface area contributed by atoms with Crippen molar-refractivity contribution in [3.63, 3.8) is 0 Å². The lowest BCUT2D eigenvalue weighted by Gasteiger charge is -2.46. The highest BCUT2D eigenvalue weighted by Gasteiger charge is 2.59. The normalized spacial score (nSPS) is 29.8. The second kappa shape index (κ2) is 21.7. The number of benzene rings is 5. The Hall–Kier alpha value is -4.38. The monoisotopic (exact) mass is 873 g/mol. The molecular weight excluding hydrogens is 815 g/mol. The molecule has 0 radical (unpaired) electrons. The number of nitrogens with one attached hydrogen (secondary N) is 1. The lowest BCUT2D eigenvalue weighted by molar-refractivity contribution is -0.331. The zero-order valence-corrected chi connectivity index (χ0v) is 36.4. The maximum absolute atomic E-state index is 6.92. The van der Waals surface area contributed by atoms with Gasteiger partial charge in [0.15, 0.2) is 18.4 Å². The number of hydrogen-bond donors (Lipinski definition) is 1. The summed E-state index contributed by atoms with van der Waals surface area (Å²) in [6, 6.07) is 50.1. The van der Waals surface area contributed by atoms with Crippen molar-refractivity contribution in [1.82, 2.24) is 5.48 Å². The Bertz CT molecular complexity index is 2120. The van der Waals surface area contributed by atoms with Gasteiger partial charge >= 0.3 is 0 Å². The van der Waals surface area contributed by atoms with Crippen LogP contribution in [0, 0.1) is 0 Å². The minimum Gasteiger partial charge on any atom is -0.374 e. The molecule has 0 spiro atoms. The molecule has 11 atom stereocenters. The summed E-state index contributed by atoms with van der Waals surface area (Å²) in [6.45, 7) is 6.00. The molecule has 9 rings (SSSR count). The van der Waals surface area contributed by atoms with E-state index in [9.17, 15) is 0 Å². The predicted octanol–water partition coefficient (Wildman–Crippen LogP) is 7.82. The van der Waals surface area contributed by atoms with Gasteiger partial charge in [-0.1, -0.05) is 152 Å². The van der Waals surface area contributed by atoms with Gasteiger partial charge in [0.05, 0.1) is 52.3 Å². The molecule has 338 valence electrons. The number of hydroxylamine groups is 1. The first-order valence-electron chi connectivity index (χ1n) is 22.4. The number of hydrogen-bond acceptors (Lipinski definition) is 12. The van der Waals surface area contributed by atoms with Crippen LogP contribution in [0.1, 0.15) is 48.1 Å². The Morgan fingerprint density at radius 3 is 1.48 bits per heavy atom. The number of rotatable bonds is 20. The van der Waals surface area contributed by atoms with Gasteiger partial charge in [-0.2, -0.15) is 5.48 Å². The molecule has 12 heteroatoms. The van der Waals surface area contributed by atoms with E-state index in [2.05, 4.69) is 5.48 Å². The van der Waals surface area contributed by atoms with Gasteiger partial charge in [-0.15, -0.1) is 0 Å². The molecule has 0 aromatic heterocycles. The van der Waals surface area contributed by atoms with Crippen LogP contribution in [-0.4, -0.2) is 86.5 Å². The highest BCUT2D eigenvalue weighted by atomic mass is 16.8. The topological polar surface area (TPSA) is 114 Å². The summed E-state index contributed by atoms with van der Waals surface area (Å²) in [5, 5.41) is 0. The van der Waals surface area contributed by atoms with Crippen LogP contribution in [0.5, 0.6) is 0 Å². The smallest absolute Gasteiger partial charge is 0.187 e. The Morgan fingerprint density at radius 2 is 0.938 bits per heavy atom. The first-order chi connectivity index (χ1) is 31.4. The van der Waals surface area contributed by atoms with E-state index in [-0.39, 0.29) is 31.5 Å². The fourth-order valence-corrected chi connectivity index (χ4v) is 8.75. The SMILES string of the molecule is CC1(C)O[C@@H]2C(OCc3ccccc3)OC([C@@H]3C[C@H](CO[C@H]4O[C@H](COCc5ccccc5)[C@@H](OCc5ccccc5)[C@H](OCc5ccccc5)[C@H]4OCc4ccccc4)ON3)[C@H]2O1. The van der Waals surface area contributed by atoms with Crippen molar-refractivity contribution >= 4 is 0 Å². The molecule has 12 nitrogen and oxygen atoms in total. The number of fused-ring (bicyclic) bond motifs is 1. The molecule has 0 saturated carbocycles. The third-order valence-electron chi connectivity index (χ3n) is 11.9. The standard InChI is InChI=1S/C52H59NO11/c1-52(2)62-47-44(61-51(49(47)63-52)58-33-40-26-16-7-17-27-40)42-28-41(64-53-42)34-59-50-48(57-32-39-24-14-6-15-25-39)46(56-31-38-22-12-5-13-23-38)45(55-30-37-20-10-4-11-21-37)43(60-50)35-54-29-36-18-8-3-9-19-36/h3-27,41-51,53H,28-35H2,1-2H3/t41-,42+,43-,44?,45-,46+,47-,48-,49+,50+,51?/m1/s1. The van der Waals surface area contributed by atoms with Crippen LogP contribution in [-0.2, 0) is 85.2 Å². The second-order valence-corrected chi connectivity index (χ2v) is 17.2. The van der Waals surface area contributed by atoms with Crippen LogP contribution in [0.2, 0.25) is 0 Å². The van der Waals surface area contributed by atoms with E-state index >= 15 is 0 Å². The van der Waals surface area contributed by atoms with Crippen molar-refractivity contribution in [2.45, 2.75) is 127 Å². The fourth-order valence-electron chi connectivity index (χ4n) is 8.75. The lowest BCUT2D eigenvalue weighted by Crippen LogP contribution is -2.62. The molecule has 4 aliphatic heterocycles. The molecule has 2 unspecified atom stereocenters. The molecule has 4 saturated heterocycles. The van der Waals surface area contributed by atoms with E-state index in [4.69, 9.17) is 52.2 Å². The summed E-state index contributed by atoms with van der Waals surface area (Å²) in [5.74, 6) is -0.788. The molecule has 4 fully saturated rings. The minimum absolute atomic E-state index is 0.190. The van der Waals surface area contributed by atoms with Crippen LogP contribution in [0.4, 0.5) is 0 Å². The van der Waals surface area contributed by atoms with Gasteiger partial charge < -0.3 is 47.4 Å². The van der Waals surface area contributed by atoms with Crippen molar-refractivity contribution in [3.8, 4) is 0 Å². The Balaban J connectivity index is 0.933. The Labute approximate surface area is 375 Å². The number of ether oxygens (including phenoxy) is 10. The van der Waals surface area contributed by atoms with E-state index in [0.717, 1.165) is 27.8 Å². The Kier molecular flexibility index (Phi) is 15.2. The van der Waals surface area contributed by atoms with Crippen molar-refractivity contribution in [2.75, 3.05) is 13.2 Å². The zero-order chi connectivity index (χ0) is 43.6. The van der Waals surface area contributed by atoms with Crippen LogP contribution >= 0.6 is 0 Å². The Morgan fingerprint density at radius 1 is 0.469 bits per heavy atom. The highest BCUT2D eigenvalue weighted by molar-refractivity contribution is 5.17. The van der Waals surface area contributed by atoms with Gasteiger partial charge in [-0.25, -0.2) is 0 Å². The maximum atomic E-state index is 6.92. The quantitative estimate of drug-likeness (QED) is 0.0823. The molecule has 0 bridgehead atoms. The summed E-state index contributed by atoms with van der Waals surface area (Å²) in [5.41, 5.74) is 8.39. The second-order valence-electron chi connectivity index (χ2n) is 17.2. The zero-order valence-electron chi connectivity index (χ0n) is 36.4. The molecule has 0 aliphatic carbocycles. The first kappa shape index (κ1) is 44.8. The van der Waals surface area contributed by atoms with Gasteiger partial charge in [0.25, 0.3) is 0 Å².